The van der Waals surface area contributed by atoms with Crippen molar-refractivity contribution in [3.63, 3.8) is 0 Å². The second-order valence-corrected chi connectivity index (χ2v) is 3.84. The van der Waals surface area contributed by atoms with Gasteiger partial charge >= 0.3 is 0 Å². The molecule has 0 aromatic rings. The fraction of sp³-hybridized carbons (Fsp3) is 0.800. The molecule has 2 heteroatoms. The summed E-state index contributed by atoms with van der Waals surface area (Å²) in [6, 6.07) is 1.46. The molecule has 2 fully saturated rings. The predicted octanol–water partition coefficient (Wildman–Crippen LogP) is 1.04. The monoisotopic (exact) mass is 164 g/mol. The number of terminal acetylenes is 1. The summed E-state index contributed by atoms with van der Waals surface area (Å²) < 4.78 is 0. The summed E-state index contributed by atoms with van der Waals surface area (Å²) in [6.45, 7) is 0. The smallest absolute Gasteiger partial charge is 0.0257 e. The van der Waals surface area contributed by atoms with Gasteiger partial charge in [-0.2, -0.15) is 0 Å². The van der Waals surface area contributed by atoms with Crippen molar-refractivity contribution < 1.29 is 0 Å². The number of unbranched alkanes of at least 4 members (excludes halogenated alkanes) is 1. The topological polar surface area (TPSA) is 24.1 Å². The second kappa shape index (κ2) is 3.47. The SMILES string of the molecule is C#CCCCC1[C@@H]2CC[C@H]1NN2. The maximum atomic E-state index is 5.22. The van der Waals surface area contributed by atoms with Crippen molar-refractivity contribution in [2.75, 3.05) is 0 Å². The fourth-order valence-corrected chi connectivity index (χ4v) is 2.48. The molecule has 1 aliphatic heterocycles. The Morgan fingerprint density at radius 2 is 1.92 bits per heavy atom. The van der Waals surface area contributed by atoms with E-state index in [9.17, 15) is 0 Å². The lowest BCUT2D eigenvalue weighted by molar-refractivity contribution is 0.437. The van der Waals surface area contributed by atoms with Crippen LogP contribution in [0.3, 0.4) is 0 Å². The summed E-state index contributed by atoms with van der Waals surface area (Å²) in [7, 11) is 0. The van der Waals surface area contributed by atoms with Crippen LogP contribution in [0.15, 0.2) is 0 Å². The van der Waals surface area contributed by atoms with Crippen LogP contribution in [-0.4, -0.2) is 12.1 Å². The first-order valence-electron chi connectivity index (χ1n) is 4.86. The van der Waals surface area contributed by atoms with E-state index in [0.717, 1.165) is 24.4 Å². The first kappa shape index (κ1) is 8.10. The van der Waals surface area contributed by atoms with Crippen molar-refractivity contribution in [1.82, 2.24) is 10.9 Å². The van der Waals surface area contributed by atoms with Gasteiger partial charge in [0.25, 0.3) is 0 Å². The molecule has 1 heterocycles. The van der Waals surface area contributed by atoms with Crippen molar-refractivity contribution >= 4 is 0 Å². The highest BCUT2D eigenvalue weighted by molar-refractivity contribution is 4.98. The van der Waals surface area contributed by atoms with Gasteiger partial charge in [0.15, 0.2) is 0 Å². The molecule has 1 saturated heterocycles. The highest BCUT2D eigenvalue weighted by Crippen LogP contribution is 2.33. The molecule has 2 rings (SSSR count). The van der Waals surface area contributed by atoms with Crippen LogP contribution in [0, 0.1) is 18.3 Å². The Morgan fingerprint density at radius 3 is 2.42 bits per heavy atom. The van der Waals surface area contributed by atoms with Crippen molar-refractivity contribution in [2.24, 2.45) is 5.92 Å². The van der Waals surface area contributed by atoms with Gasteiger partial charge in [-0.3, -0.25) is 10.9 Å². The number of hydrazine groups is 1. The van der Waals surface area contributed by atoms with Crippen LogP contribution in [0.25, 0.3) is 0 Å². The van der Waals surface area contributed by atoms with Gasteiger partial charge in [-0.05, 0) is 31.6 Å². The Labute approximate surface area is 74.1 Å². The largest absolute Gasteiger partial charge is 0.254 e. The summed E-state index contributed by atoms with van der Waals surface area (Å²) in [5.74, 6) is 3.55. The maximum Gasteiger partial charge on any atom is 0.0257 e. The van der Waals surface area contributed by atoms with Crippen LogP contribution in [-0.2, 0) is 0 Å². The second-order valence-electron chi connectivity index (χ2n) is 3.84. The zero-order valence-electron chi connectivity index (χ0n) is 7.34. The molecule has 3 atom stereocenters. The van der Waals surface area contributed by atoms with Gasteiger partial charge in [0.1, 0.15) is 0 Å². The predicted molar refractivity (Wildman–Crippen MR) is 49.3 cm³/mol. The lowest BCUT2D eigenvalue weighted by atomic mass is 9.96. The summed E-state index contributed by atoms with van der Waals surface area (Å²) in [6.07, 6.45) is 11.3. The average molecular weight is 164 g/mol. The van der Waals surface area contributed by atoms with E-state index in [2.05, 4.69) is 16.8 Å². The number of hydrogen-bond donors (Lipinski definition) is 2. The molecule has 2 nitrogen and oxygen atoms in total. The molecular formula is C10H16N2. The highest BCUT2D eigenvalue weighted by Gasteiger charge is 2.40. The van der Waals surface area contributed by atoms with E-state index in [0.29, 0.717) is 0 Å². The van der Waals surface area contributed by atoms with Gasteiger partial charge in [0.2, 0.25) is 0 Å². The quantitative estimate of drug-likeness (QED) is 0.481. The Balaban J connectivity index is 1.78. The number of hydrogen-bond acceptors (Lipinski definition) is 2. The van der Waals surface area contributed by atoms with E-state index in [-0.39, 0.29) is 0 Å². The molecule has 12 heavy (non-hydrogen) atoms. The Morgan fingerprint density at radius 1 is 1.25 bits per heavy atom. The standard InChI is InChI=1S/C10H16N2/c1-2-3-4-5-8-9-6-7-10(8)12-11-9/h1,8-12H,3-7H2/t8?,9-,10+. The summed E-state index contributed by atoms with van der Waals surface area (Å²) in [5.41, 5.74) is 6.66. The van der Waals surface area contributed by atoms with Crippen molar-refractivity contribution in [3.05, 3.63) is 0 Å². The molecule has 0 aromatic heterocycles. The number of rotatable bonds is 3. The third-order valence-corrected chi connectivity index (χ3v) is 3.14. The van der Waals surface area contributed by atoms with Gasteiger partial charge in [-0.15, -0.1) is 12.3 Å². The van der Waals surface area contributed by atoms with Gasteiger partial charge in [0, 0.05) is 18.5 Å². The number of fused-ring (bicyclic) bond motifs is 2. The first-order chi connectivity index (χ1) is 5.92. The minimum absolute atomic E-state index is 0.729. The van der Waals surface area contributed by atoms with Gasteiger partial charge in [0.05, 0.1) is 0 Å². The minimum atomic E-state index is 0.729. The molecule has 0 amide bonds. The molecule has 2 bridgehead atoms. The van der Waals surface area contributed by atoms with Crippen LogP contribution >= 0.6 is 0 Å². The Hall–Kier alpha value is -0.520. The van der Waals surface area contributed by atoms with E-state index >= 15 is 0 Å². The van der Waals surface area contributed by atoms with Gasteiger partial charge in [-0.1, -0.05) is 0 Å². The van der Waals surface area contributed by atoms with E-state index in [4.69, 9.17) is 6.42 Å². The van der Waals surface area contributed by atoms with Crippen LogP contribution in [0.2, 0.25) is 0 Å². The molecule has 1 unspecified atom stereocenters. The normalized spacial score (nSPS) is 38.4. The molecule has 0 spiro atoms. The molecule has 2 aliphatic rings. The number of nitrogens with one attached hydrogen (secondary N) is 2. The van der Waals surface area contributed by atoms with Gasteiger partial charge < -0.3 is 0 Å². The lowest BCUT2D eigenvalue weighted by Gasteiger charge is -2.11. The van der Waals surface area contributed by atoms with Gasteiger partial charge in [-0.25, -0.2) is 0 Å². The zero-order valence-corrected chi connectivity index (χ0v) is 7.34. The molecule has 1 saturated carbocycles. The first-order valence-corrected chi connectivity index (χ1v) is 4.86. The van der Waals surface area contributed by atoms with Crippen molar-refractivity contribution in [3.8, 4) is 12.3 Å². The van der Waals surface area contributed by atoms with Crippen molar-refractivity contribution in [1.29, 1.82) is 0 Å². The van der Waals surface area contributed by atoms with E-state index < -0.39 is 0 Å². The molecule has 66 valence electrons. The van der Waals surface area contributed by atoms with Crippen LogP contribution in [0.1, 0.15) is 32.1 Å². The Kier molecular flexibility index (Phi) is 2.34. The van der Waals surface area contributed by atoms with Crippen LogP contribution in [0.4, 0.5) is 0 Å². The van der Waals surface area contributed by atoms with E-state index in [1.54, 1.807) is 0 Å². The minimum Gasteiger partial charge on any atom is -0.254 e. The van der Waals surface area contributed by atoms with E-state index in [1.807, 2.05) is 0 Å². The molecule has 0 aromatic carbocycles. The van der Waals surface area contributed by atoms with Crippen LogP contribution in [0.5, 0.6) is 0 Å². The highest BCUT2D eigenvalue weighted by atomic mass is 15.4. The summed E-state index contributed by atoms with van der Waals surface area (Å²) in [5, 5.41) is 0. The lowest BCUT2D eigenvalue weighted by Crippen LogP contribution is -2.37. The van der Waals surface area contributed by atoms with Crippen molar-refractivity contribution in [2.45, 2.75) is 44.2 Å². The maximum absolute atomic E-state index is 5.22. The molecule has 0 radical (unpaired) electrons. The molecular weight excluding hydrogens is 148 g/mol. The molecule has 1 aliphatic carbocycles. The van der Waals surface area contributed by atoms with Crippen LogP contribution < -0.4 is 10.9 Å². The van der Waals surface area contributed by atoms with E-state index in [1.165, 1.54) is 25.7 Å². The summed E-state index contributed by atoms with van der Waals surface area (Å²) in [4.78, 5) is 0. The fourth-order valence-electron chi connectivity index (χ4n) is 2.48. The third kappa shape index (κ3) is 1.35. The summed E-state index contributed by atoms with van der Waals surface area (Å²) >= 11 is 0. The average Bonchev–Trinajstić information content (AvgIpc) is 2.65. The Bertz CT molecular complexity index is 175. The third-order valence-electron chi connectivity index (χ3n) is 3.14. The zero-order chi connectivity index (χ0) is 8.39. The molecule has 2 N–H and O–H groups in total.